The summed E-state index contributed by atoms with van der Waals surface area (Å²) in [4.78, 5) is 4.76. The highest BCUT2D eigenvalue weighted by atomic mass is 16.5. The van der Waals surface area contributed by atoms with E-state index in [1.54, 1.807) is 0 Å². The van der Waals surface area contributed by atoms with Crippen LogP contribution in [0.1, 0.15) is 65.1 Å². The summed E-state index contributed by atoms with van der Waals surface area (Å²) in [6.45, 7) is 0. The highest BCUT2D eigenvalue weighted by Gasteiger charge is 2.52. The van der Waals surface area contributed by atoms with Gasteiger partial charge in [-0.25, -0.2) is 0 Å². The molecule has 0 amide bonds. The molecule has 0 saturated heterocycles. The minimum atomic E-state index is -0.400. The molecule has 0 bridgehead atoms. The second-order valence-corrected chi connectivity index (χ2v) is 14.1. The lowest BCUT2D eigenvalue weighted by Crippen LogP contribution is -2.55. The standard InChI is InChI=1S/C46H39N3O/c1-2-15-30(16-3-1)41-29-42(40-26-12-13-28-47-40)49-45(48-41)35-20-5-4-17-31(35)34-21-14-25-39-44(34)50-43-27-11-10-24-38(43)46(39)36-22-8-6-18-32(36)33-19-7-9-23-37(33)46/h1-2,4-8,10-15,17-22,24-29,31,35,41,45,48-49H,3,9,16,23H2. The van der Waals surface area contributed by atoms with Gasteiger partial charge in [-0.3, -0.25) is 10.3 Å². The number of para-hydroxylation sites is 2. The summed E-state index contributed by atoms with van der Waals surface area (Å²) in [6, 6.07) is 30.9. The van der Waals surface area contributed by atoms with Crippen LogP contribution in [0.3, 0.4) is 0 Å². The Morgan fingerprint density at radius 2 is 1.60 bits per heavy atom. The van der Waals surface area contributed by atoms with Crippen LogP contribution < -0.4 is 15.4 Å². The topological polar surface area (TPSA) is 46.2 Å². The molecular formula is C46H39N3O. The van der Waals surface area contributed by atoms with Crippen molar-refractivity contribution in [2.45, 2.75) is 49.2 Å². The molecule has 0 radical (unpaired) electrons. The molecule has 4 nitrogen and oxygen atoms in total. The van der Waals surface area contributed by atoms with Gasteiger partial charge in [-0.15, -0.1) is 0 Å². The van der Waals surface area contributed by atoms with E-state index in [1.165, 1.54) is 44.5 Å². The number of rotatable bonds is 4. The van der Waals surface area contributed by atoms with Crippen LogP contribution in [0.5, 0.6) is 11.5 Å². The molecule has 1 aromatic heterocycles. The number of benzene rings is 3. The van der Waals surface area contributed by atoms with Gasteiger partial charge in [-0.05, 0) is 77.8 Å². The predicted molar refractivity (Wildman–Crippen MR) is 202 cm³/mol. The number of pyridine rings is 1. The summed E-state index contributed by atoms with van der Waals surface area (Å²) >= 11 is 0. The van der Waals surface area contributed by atoms with E-state index in [-0.39, 0.29) is 24.0 Å². The predicted octanol–water partition coefficient (Wildman–Crippen LogP) is 9.67. The van der Waals surface area contributed by atoms with Gasteiger partial charge in [0.25, 0.3) is 0 Å². The fourth-order valence-electron chi connectivity index (χ4n) is 9.38. The van der Waals surface area contributed by atoms with Crippen LogP contribution in [0.25, 0.3) is 11.3 Å². The van der Waals surface area contributed by atoms with Crippen LogP contribution >= 0.6 is 0 Å². The molecule has 2 aliphatic heterocycles. The fourth-order valence-corrected chi connectivity index (χ4v) is 9.38. The van der Waals surface area contributed by atoms with E-state index < -0.39 is 5.41 Å². The van der Waals surface area contributed by atoms with Gasteiger partial charge in [0.05, 0.1) is 29.0 Å². The summed E-state index contributed by atoms with van der Waals surface area (Å²) < 4.78 is 7.11. The minimum Gasteiger partial charge on any atom is -0.456 e. The van der Waals surface area contributed by atoms with Gasteiger partial charge < -0.3 is 10.1 Å². The molecule has 10 rings (SSSR count). The molecule has 0 saturated carbocycles. The average molecular weight is 650 g/mol. The lowest BCUT2D eigenvalue weighted by Gasteiger charge is -2.43. The lowest BCUT2D eigenvalue weighted by atomic mass is 9.63. The third-order valence-corrected chi connectivity index (χ3v) is 11.5. The molecule has 1 spiro atoms. The molecule has 3 heterocycles. The van der Waals surface area contributed by atoms with Crippen molar-refractivity contribution in [2.75, 3.05) is 0 Å². The Morgan fingerprint density at radius 3 is 2.50 bits per heavy atom. The van der Waals surface area contributed by atoms with Crippen molar-refractivity contribution in [3.05, 3.63) is 197 Å². The normalized spacial score (nSPS) is 27.0. The van der Waals surface area contributed by atoms with Crippen LogP contribution in [-0.4, -0.2) is 17.2 Å². The van der Waals surface area contributed by atoms with E-state index in [1.807, 2.05) is 12.3 Å². The number of nitrogens with one attached hydrogen (secondary N) is 2. The molecule has 244 valence electrons. The van der Waals surface area contributed by atoms with Crippen molar-refractivity contribution in [3.8, 4) is 11.5 Å². The van der Waals surface area contributed by atoms with Crippen LogP contribution in [0, 0.1) is 5.92 Å². The van der Waals surface area contributed by atoms with Crippen molar-refractivity contribution in [2.24, 2.45) is 5.92 Å². The van der Waals surface area contributed by atoms with Crippen LogP contribution in [0.2, 0.25) is 0 Å². The molecule has 2 N–H and O–H groups in total. The Kier molecular flexibility index (Phi) is 6.99. The van der Waals surface area contributed by atoms with Crippen LogP contribution in [-0.2, 0) is 5.41 Å². The molecule has 0 fully saturated rings. The Hall–Kier alpha value is -5.45. The van der Waals surface area contributed by atoms with Crippen molar-refractivity contribution in [1.29, 1.82) is 0 Å². The van der Waals surface area contributed by atoms with E-state index in [4.69, 9.17) is 9.72 Å². The summed E-state index contributed by atoms with van der Waals surface area (Å²) in [5.74, 6) is 2.13. The smallest absolute Gasteiger partial charge is 0.136 e. The van der Waals surface area contributed by atoms with Crippen molar-refractivity contribution < 1.29 is 4.74 Å². The molecule has 6 aliphatic rings. The number of ether oxygens (including phenoxy) is 1. The number of hydrogen-bond acceptors (Lipinski definition) is 4. The SMILES string of the molecule is C1=CCCC(C2C=C(c3ccccn3)NC(C3C=CC=CC3c3cccc4c3Oc3ccccc3C43C4=C(C=CCC4)c4ccccc43)N2)=C1. The van der Waals surface area contributed by atoms with Crippen molar-refractivity contribution >= 4 is 11.3 Å². The van der Waals surface area contributed by atoms with Crippen molar-refractivity contribution in [1.82, 2.24) is 15.6 Å². The Bertz CT molecular complexity index is 2230. The van der Waals surface area contributed by atoms with Crippen LogP contribution in [0.4, 0.5) is 0 Å². The zero-order valence-corrected chi connectivity index (χ0v) is 27.9. The number of nitrogens with zero attached hydrogens (tertiary/aromatic N) is 1. The first-order chi connectivity index (χ1) is 24.8. The Morgan fingerprint density at radius 1 is 0.760 bits per heavy atom. The van der Waals surface area contributed by atoms with Gasteiger partial charge in [-0.2, -0.15) is 0 Å². The number of fused-ring (bicyclic) bond motifs is 8. The van der Waals surface area contributed by atoms with Gasteiger partial charge in [0.1, 0.15) is 11.5 Å². The molecule has 4 aromatic rings. The molecule has 4 heteroatoms. The maximum atomic E-state index is 7.11. The molecular weight excluding hydrogens is 611 g/mol. The van der Waals surface area contributed by atoms with Crippen molar-refractivity contribution in [3.63, 3.8) is 0 Å². The maximum absolute atomic E-state index is 7.11. The van der Waals surface area contributed by atoms with E-state index in [2.05, 4.69) is 150 Å². The van der Waals surface area contributed by atoms with E-state index >= 15 is 0 Å². The highest BCUT2D eigenvalue weighted by Crippen LogP contribution is 2.63. The van der Waals surface area contributed by atoms with E-state index in [0.717, 1.165) is 48.6 Å². The lowest BCUT2D eigenvalue weighted by molar-refractivity contribution is 0.329. The monoisotopic (exact) mass is 649 g/mol. The summed E-state index contributed by atoms with van der Waals surface area (Å²) in [7, 11) is 0. The molecule has 50 heavy (non-hydrogen) atoms. The second kappa shape index (κ2) is 11.9. The first-order valence-corrected chi connectivity index (χ1v) is 18.1. The van der Waals surface area contributed by atoms with Gasteiger partial charge in [0, 0.05) is 34.7 Å². The van der Waals surface area contributed by atoms with E-state index in [0.29, 0.717) is 0 Å². The number of hydrogen-bond donors (Lipinski definition) is 2. The van der Waals surface area contributed by atoms with Gasteiger partial charge in [0.2, 0.25) is 0 Å². The quantitative estimate of drug-likeness (QED) is 0.231. The summed E-state index contributed by atoms with van der Waals surface area (Å²) in [6.07, 6.45) is 28.9. The maximum Gasteiger partial charge on any atom is 0.136 e. The number of allylic oxidation sites excluding steroid dienone is 10. The zero-order valence-electron chi connectivity index (χ0n) is 27.9. The van der Waals surface area contributed by atoms with E-state index in [9.17, 15) is 0 Å². The fraction of sp³-hybridized carbons (Fsp3) is 0.196. The molecule has 5 atom stereocenters. The van der Waals surface area contributed by atoms with Gasteiger partial charge in [-0.1, -0.05) is 121 Å². The first kappa shape index (κ1) is 29.5. The van der Waals surface area contributed by atoms with Gasteiger partial charge in [0.15, 0.2) is 0 Å². The third-order valence-electron chi connectivity index (χ3n) is 11.5. The average Bonchev–Trinajstić information content (AvgIpc) is 3.49. The van der Waals surface area contributed by atoms with Crippen LogP contribution in [0.15, 0.2) is 163 Å². The summed E-state index contributed by atoms with van der Waals surface area (Å²) in [5, 5.41) is 7.93. The number of aromatic nitrogens is 1. The highest BCUT2D eigenvalue weighted by molar-refractivity contribution is 5.92. The molecule has 4 aliphatic carbocycles. The molecule has 3 aromatic carbocycles. The Labute approximate surface area is 294 Å². The largest absolute Gasteiger partial charge is 0.456 e. The molecule has 5 unspecified atom stereocenters. The Balaban J connectivity index is 1.12. The second-order valence-electron chi connectivity index (χ2n) is 14.1. The first-order valence-electron chi connectivity index (χ1n) is 18.1. The third kappa shape index (κ3) is 4.45. The summed E-state index contributed by atoms with van der Waals surface area (Å²) in [5.41, 5.74) is 12.3. The zero-order chi connectivity index (χ0) is 33.1. The van der Waals surface area contributed by atoms with Gasteiger partial charge >= 0.3 is 0 Å². The minimum absolute atomic E-state index is 0.0364.